The first kappa shape index (κ1) is 18.4. The highest BCUT2D eigenvalue weighted by Crippen LogP contribution is 2.25. The molecule has 1 aromatic carbocycles. The Morgan fingerprint density at radius 1 is 1.36 bits per heavy atom. The number of nitrogens with zero attached hydrogens (tertiary/aromatic N) is 4. The van der Waals surface area contributed by atoms with E-state index in [0.29, 0.717) is 30.6 Å². The van der Waals surface area contributed by atoms with E-state index in [4.69, 9.17) is 16.3 Å². The van der Waals surface area contributed by atoms with Crippen LogP contribution >= 0.6 is 11.6 Å². The fourth-order valence-electron chi connectivity index (χ4n) is 3.41. The summed E-state index contributed by atoms with van der Waals surface area (Å²) in [6.45, 7) is 3.88. The second kappa shape index (κ2) is 7.55. The molecule has 0 bridgehead atoms. The minimum atomic E-state index is -0.190. The normalized spacial score (nSPS) is 17.0. The number of aromatic nitrogens is 3. The third kappa shape index (κ3) is 3.55. The minimum Gasteiger partial charge on any atom is -0.497 e. The summed E-state index contributed by atoms with van der Waals surface area (Å²) >= 11 is 6.25. The highest BCUT2D eigenvalue weighted by atomic mass is 35.5. The molecule has 1 atom stereocenters. The Morgan fingerprint density at radius 3 is 2.96 bits per heavy atom. The van der Waals surface area contributed by atoms with E-state index in [1.807, 2.05) is 37.3 Å². The van der Waals surface area contributed by atoms with Crippen molar-refractivity contribution in [1.82, 2.24) is 19.9 Å². The zero-order valence-electron chi connectivity index (χ0n) is 15.6. The second-order valence-electron chi connectivity index (χ2n) is 6.70. The molecule has 8 nitrogen and oxygen atoms in total. The number of carbonyl (C=O) groups is 1. The monoisotopic (exact) mass is 400 g/mol. The zero-order chi connectivity index (χ0) is 19.7. The Morgan fingerprint density at radius 2 is 2.21 bits per heavy atom. The molecule has 28 heavy (non-hydrogen) atoms. The fraction of sp³-hybridized carbons (Fsp3) is 0.316. The predicted octanol–water partition coefficient (Wildman–Crippen LogP) is 3.36. The number of benzene rings is 1. The lowest BCUT2D eigenvalue weighted by atomic mass is 10.2. The quantitative estimate of drug-likeness (QED) is 0.704. The zero-order valence-corrected chi connectivity index (χ0v) is 16.4. The molecule has 9 heteroatoms. The summed E-state index contributed by atoms with van der Waals surface area (Å²) < 4.78 is 5.21. The number of amides is 2. The van der Waals surface area contributed by atoms with Gasteiger partial charge in [-0.05, 0) is 31.2 Å². The van der Waals surface area contributed by atoms with Gasteiger partial charge in [0, 0.05) is 37.9 Å². The van der Waals surface area contributed by atoms with Gasteiger partial charge >= 0.3 is 6.03 Å². The minimum absolute atomic E-state index is 0.00343. The van der Waals surface area contributed by atoms with Crippen molar-refractivity contribution in [3.63, 3.8) is 0 Å². The number of rotatable bonds is 3. The summed E-state index contributed by atoms with van der Waals surface area (Å²) in [6, 6.07) is 8.96. The molecule has 1 aliphatic rings. The molecule has 1 saturated heterocycles. The van der Waals surface area contributed by atoms with Gasteiger partial charge in [0.2, 0.25) is 5.95 Å². The van der Waals surface area contributed by atoms with Crippen LogP contribution in [-0.4, -0.2) is 58.7 Å². The summed E-state index contributed by atoms with van der Waals surface area (Å²) in [5.74, 6) is 1.89. The highest BCUT2D eigenvalue weighted by Gasteiger charge is 2.29. The Balaban J connectivity index is 1.44. The Bertz CT molecular complexity index is 1010. The van der Waals surface area contributed by atoms with Crippen molar-refractivity contribution in [2.45, 2.75) is 13.0 Å². The summed E-state index contributed by atoms with van der Waals surface area (Å²) in [4.78, 5) is 28.5. The van der Waals surface area contributed by atoms with Crippen molar-refractivity contribution in [3.8, 4) is 5.75 Å². The molecular formula is C19H21ClN6O2. The molecule has 2 N–H and O–H groups in total. The number of H-pyrrole nitrogens is 1. The third-order valence-electron chi connectivity index (χ3n) is 4.84. The van der Waals surface area contributed by atoms with Crippen LogP contribution in [0, 0.1) is 0 Å². The van der Waals surface area contributed by atoms with Crippen LogP contribution in [0.3, 0.4) is 0 Å². The standard InChI is InChI=1S/C19H21ClN6O2/c1-12-11-25(17-14(20)4-3-7-21-17)8-9-26(12)19(27)24-18-22-15-6-5-13(28-2)10-16(15)23-18/h3-7,10,12H,8-9,11H2,1-2H3,(H2,22,23,24,27)/t12-/m1/s1. The van der Waals surface area contributed by atoms with Crippen molar-refractivity contribution in [2.75, 3.05) is 37.0 Å². The molecule has 0 aliphatic carbocycles. The van der Waals surface area contributed by atoms with E-state index in [2.05, 4.69) is 25.2 Å². The topological polar surface area (TPSA) is 86.4 Å². The van der Waals surface area contributed by atoms with Gasteiger partial charge in [-0.3, -0.25) is 5.32 Å². The third-order valence-corrected chi connectivity index (χ3v) is 5.14. The van der Waals surface area contributed by atoms with Gasteiger partial charge in [0.05, 0.1) is 23.2 Å². The van der Waals surface area contributed by atoms with Crippen LogP contribution in [0.2, 0.25) is 5.02 Å². The van der Waals surface area contributed by atoms with Crippen molar-refractivity contribution >= 4 is 40.4 Å². The Labute approximate surface area is 167 Å². The lowest BCUT2D eigenvalue weighted by Gasteiger charge is -2.40. The van der Waals surface area contributed by atoms with E-state index in [1.165, 1.54) is 0 Å². The molecule has 3 heterocycles. The van der Waals surface area contributed by atoms with E-state index in [9.17, 15) is 4.79 Å². The molecule has 0 spiro atoms. The fourth-order valence-corrected chi connectivity index (χ4v) is 3.65. The van der Waals surface area contributed by atoms with E-state index < -0.39 is 0 Å². The van der Waals surface area contributed by atoms with Gasteiger partial charge in [0.15, 0.2) is 0 Å². The van der Waals surface area contributed by atoms with Gasteiger partial charge < -0.3 is 19.5 Å². The van der Waals surface area contributed by atoms with Gasteiger partial charge in [-0.15, -0.1) is 0 Å². The number of fused-ring (bicyclic) bond motifs is 1. The van der Waals surface area contributed by atoms with Gasteiger partial charge in [-0.1, -0.05) is 11.6 Å². The maximum Gasteiger partial charge on any atom is 0.324 e. The number of anilines is 2. The maximum absolute atomic E-state index is 12.8. The molecule has 0 unspecified atom stereocenters. The van der Waals surface area contributed by atoms with Crippen LogP contribution in [0.25, 0.3) is 11.0 Å². The number of pyridine rings is 1. The average molecular weight is 401 g/mol. The number of piperazine rings is 1. The van der Waals surface area contributed by atoms with Gasteiger partial charge in [-0.2, -0.15) is 0 Å². The molecule has 1 fully saturated rings. The first-order valence-electron chi connectivity index (χ1n) is 9.02. The van der Waals surface area contributed by atoms with E-state index >= 15 is 0 Å². The average Bonchev–Trinajstić information content (AvgIpc) is 3.09. The number of carbonyl (C=O) groups excluding carboxylic acids is 1. The molecule has 0 radical (unpaired) electrons. The van der Waals surface area contributed by atoms with Crippen molar-refractivity contribution in [2.24, 2.45) is 0 Å². The molecule has 1 aliphatic heterocycles. The Kier molecular flexibility index (Phi) is 4.95. The van der Waals surface area contributed by atoms with Crippen molar-refractivity contribution < 1.29 is 9.53 Å². The second-order valence-corrected chi connectivity index (χ2v) is 7.10. The molecule has 3 aromatic rings. The number of urea groups is 1. The first-order valence-corrected chi connectivity index (χ1v) is 9.40. The summed E-state index contributed by atoms with van der Waals surface area (Å²) in [5, 5.41) is 3.47. The number of nitrogens with one attached hydrogen (secondary N) is 2. The van der Waals surface area contributed by atoms with E-state index in [1.54, 1.807) is 18.2 Å². The molecule has 4 rings (SSSR count). The molecule has 2 aromatic heterocycles. The van der Waals surface area contributed by atoms with Gasteiger partial charge in [0.25, 0.3) is 0 Å². The number of ether oxygens (including phenoxy) is 1. The molecule has 0 saturated carbocycles. The van der Waals surface area contributed by atoms with E-state index in [-0.39, 0.29) is 12.1 Å². The number of hydrogen-bond donors (Lipinski definition) is 2. The number of aromatic amines is 1. The molecule has 146 valence electrons. The van der Waals surface area contributed by atoms with Crippen LogP contribution in [0.15, 0.2) is 36.5 Å². The smallest absolute Gasteiger partial charge is 0.324 e. The van der Waals surface area contributed by atoms with E-state index in [0.717, 1.165) is 22.6 Å². The van der Waals surface area contributed by atoms with Crippen molar-refractivity contribution in [1.29, 1.82) is 0 Å². The molecule has 2 amide bonds. The summed E-state index contributed by atoms with van der Waals surface area (Å²) in [7, 11) is 1.61. The van der Waals surface area contributed by atoms with Gasteiger partial charge in [0.1, 0.15) is 11.6 Å². The van der Waals surface area contributed by atoms with Gasteiger partial charge in [-0.25, -0.2) is 14.8 Å². The van der Waals surface area contributed by atoms with Crippen molar-refractivity contribution in [3.05, 3.63) is 41.6 Å². The van der Waals surface area contributed by atoms with Crippen LogP contribution < -0.4 is 15.0 Å². The number of imidazole rings is 1. The first-order chi connectivity index (χ1) is 13.5. The predicted molar refractivity (Wildman–Crippen MR) is 109 cm³/mol. The van der Waals surface area contributed by atoms with Crippen LogP contribution in [0.5, 0.6) is 5.75 Å². The summed E-state index contributed by atoms with van der Waals surface area (Å²) in [5.41, 5.74) is 1.57. The number of hydrogen-bond acceptors (Lipinski definition) is 5. The lowest BCUT2D eigenvalue weighted by Crippen LogP contribution is -2.55. The van der Waals surface area contributed by atoms with Crippen LogP contribution in [0.1, 0.15) is 6.92 Å². The summed E-state index contributed by atoms with van der Waals surface area (Å²) in [6.07, 6.45) is 1.72. The number of methoxy groups -OCH3 is 1. The SMILES string of the molecule is COc1ccc2nc(NC(=O)N3CCN(c4ncccc4Cl)C[C@H]3C)[nH]c2c1. The lowest BCUT2D eigenvalue weighted by molar-refractivity contribution is 0.184. The van der Waals surface area contributed by atoms with Crippen LogP contribution in [0.4, 0.5) is 16.6 Å². The highest BCUT2D eigenvalue weighted by molar-refractivity contribution is 6.32. The molecular weight excluding hydrogens is 380 g/mol. The Hall–Kier alpha value is -3.00. The van der Waals surface area contributed by atoms with Crippen LogP contribution in [-0.2, 0) is 0 Å². The largest absolute Gasteiger partial charge is 0.497 e. The maximum atomic E-state index is 12.8. The number of halogens is 1.